The second-order valence-electron chi connectivity index (χ2n) is 7.15. The van der Waals surface area contributed by atoms with Crippen LogP contribution in [0.4, 0.5) is 24.7 Å². The van der Waals surface area contributed by atoms with Gasteiger partial charge in [-0.1, -0.05) is 5.16 Å². The van der Waals surface area contributed by atoms with Crippen molar-refractivity contribution < 1.29 is 23.2 Å². The molecule has 10 heteroatoms. The van der Waals surface area contributed by atoms with Crippen LogP contribution in [0.25, 0.3) is 0 Å². The summed E-state index contributed by atoms with van der Waals surface area (Å²) in [6.07, 6.45) is -0.238. The van der Waals surface area contributed by atoms with Crippen LogP contribution in [-0.4, -0.2) is 40.9 Å². The number of benzene rings is 1. The molecule has 1 aromatic heterocycles. The molecule has 3 rings (SSSR count). The summed E-state index contributed by atoms with van der Waals surface area (Å²) in [7, 11) is 0. The molecule has 1 fully saturated rings. The topological polar surface area (TPSA) is 104 Å². The fourth-order valence-corrected chi connectivity index (χ4v) is 3.29. The number of nitrogens with zero attached hydrogens (tertiary/aromatic N) is 3. The van der Waals surface area contributed by atoms with Crippen molar-refractivity contribution in [2.45, 2.75) is 32.1 Å². The molecule has 1 aromatic carbocycles. The van der Waals surface area contributed by atoms with Crippen molar-refractivity contribution in [1.29, 1.82) is 0 Å². The Morgan fingerprint density at radius 3 is 2.73 bits per heavy atom. The van der Waals surface area contributed by atoms with E-state index in [1.807, 2.05) is 0 Å². The van der Waals surface area contributed by atoms with Crippen LogP contribution in [0.15, 0.2) is 35.5 Å². The second kappa shape index (κ2) is 8.60. The van der Waals surface area contributed by atoms with Crippen molar-refractivity contribution >= 4 is 23.2 Å². The molecule has 0 bridgehead atoms. The van der Waals surface area contributed by atoms with Gasteiger partial charge in [0.1, 0.15) is 11.6 Å². The minimum Gasteiger partial charge on any atom is -0.409 e. The van der Waals surface area contributed by atoms with E-state index in [9.17, 15) is 18.0 Å². The molecule has 0 radical (unpaired) electrons. The number of aryl methyl sites for hydroxylation is 1. The largest absolute Gasteiger partial charge is 0.409 e. The number of carbonyl (C=O) groups is 1. The molecule has 1 aliphatic heterocycles. The number of hydrogen-bond acceptors (Lipinski definition) is 5. The Balaban J connectivity index is 1.88. The van der Waals surface area contributed by atoms with Gasteiger partial charge in [0, 0.05) is 37.3 Å². The summed E-state index contributed by atoms with van der Waals surface area (Å²) < 4.78 is 41.4. The Labute approximate surface area is 171 Å². The monoisotopic (exact) mass is 421 g/mol. The van der Waals surface area contributed by atoms with Gasteiger partial charge in [0.15, 0.2) is 5.84 Å². The highest BCUT2D eigenvalue weighted by Gasteiger charge is 2.33. The molecular formula is C20H22F3N5O2. The number of aromatic nitrogens is 1. The zero-order chi connectivity index (χ0) is 21.9. The van der Waals surface area contributed by atoms with E-state index in [2.05, 4.69) is 15.5 Å². The number of carbonyl (C=O) groups excluding carboxylic acids is 1. The molecular weight excluding hydrogens is 399 g/mol. The lowest BCUT2D eigenvalue weighted by Gasteiger charge is -2.24. The predicted molar refractivity (Wildman–Crippen MR) is 107 cm³/mol. The number of rotatable bonds is 4. The summed E-state index contributed by atoms with van der Waals surface area (Å²) in [4.78, 5) is 19.0. The number of nitrogens with two attached hydrogens (primary N) is 1. The lowest BCUT2D eigenvalue weighted by atomic mass is 10.1. The van der Waals surface area contributed by atoms with Gasteiger partial charge in [-0.15, -0.1) is 0 Å². The van der Waals surface area contributed by atoms with Gasteiger partial charge in [-0.3, -0.25) is 4.79 Å². The first-order valence-corrected chi connectivity index (χ1v) is 9.39. The van der Waals surface area contributed by atoms with E-state index >= 15 is 0 Å². The molecule has 160 valence electrons. The summed E-state index contributed by atoms with van der Waals surface area (Å²) in [5.41, 5.74) is 6.35. The normalized spacial score (nSPS) is 16.8. The molecule has 30 heavy (non-hydrogen) atoms. The van der Waals surface area contributed by atoms with Crippen LogP contribution in [0.1, 0.15) is 40.9 Å². The summed E-state index contributed by atoms with van der Waals surface area (Å²) in [6, 6.07) is 6.86. The minimum absolute atomic E-state index is 0.0773. The third-order valence-corrected chi connectivity index (χ3v) is 4.88. The van der Waals surface area contributed by atoms with E-state index in [-0.39, 0.29) is 42.6 Å². The first-order chi connectivity index (χ1) is 14.2. The summed E-state index contributed by atoms with van der Waals surface area (Å²) >= 11 is 0. The molecule has 1 amide bonds. The van der Waals surface area contributed by atoms with Gasteiger partial charge in [-0.2, -0.15) is 0 Å². The molecule has 2 heterocycles. The van der Waals surface area contributed by atoms with Crippen molar-refractivity contribution in [2.75, 3.05) is 23.3 Å². The van der Waals surface area contributed by atoms with E-state index in [4.69, 9.17) is 10.9 Å². The van der Waals surface area contributed by atoms with Crippen molar-refractivity contribution in [3.05, 3.63) is 53.0 Å². The van der Waals surface area contributed by atoms with Crippen LogP contribution in [0, 0.1) is 12.7 Å². The third kappa shape index (κ3) is 4.81. The smallest absolute Gasteiger partial charge is 0.259 e. The van der Waals surface area contributed by atoms with E-state index in [0.29, 0.717) is 18.1 Å². The van der Waals surface area contributed by atoms with Crippen molar-refractivity contribution in [1.82, 2.24) is 4.98 Å². The van der Waals surface area contributed by atoms with Crippen LogP contribution in [0.5, 0.6) is 0 Å². The maximum atomic E-state index is 13.9. The van der Waals surface area contributed by atoms with Crippen LogP contribution in [0.2, 0.25) is 0 Å². The molecule has 0 spiro atoms. The van der Waals surface area contributed by atoms with Crippen molar-refractivity contribution in [3.63, 3.8) is 0 Å². The average Bonchev–Trinajstić information content (AvgIpc) is 2.89. The number of hydrogen-bond donors (Lipinski definition) is 3. The van der Waals surface area contributed by atoms with Gasteiger partial charge >= 0.3 is 0 Å². The maximum Gasteiger partial charge on any atom is 0.259 e. The summed E-state index contributed by atoms with van der Waals surface area (Å²) in [5.74, 6) is -4.10. The second-order valence-corrected chi connectivity index (χ2v) is 7.15. The number of oxime groups is 1. The van der Waals surface area contributed by atoms with Crippen LogP contribution < -0.4 is 16.0 Å². The highest BCUT2D eigenvalue weighted by atomic mass is 19.3. The van der Waals surface area contributed by atoms with Crippen LogP contribution in [0.3, 0.4) is 0 Å². The Hall–Kier alpha value is -3.30. The molecule has 0 saturated carbocycles. The van der Waals surface area contributed by atoms with Crippen molar-refractivity contribution in [2.24, 2.45) is 10.9 Å². The lowest BCUT2D eigenvalue weighted by Crippen LogP contribution is -2.29. The van der Waals surface area contributed by atoms with Gasteiger partial charge in [0.25, 0.3) is 5.91 Å². The minimum atomic E-state index is -2.74. The number of nitrogens with one attached hydrogen (secondary N) is 1. The van der Waals surface area contributed by atoms with Gasteiger partial charge in [-0.25, -0.2) is 18.2 Å². The molecule has 0 unspecified atom stereocenters. The number of alkyl halides is 2. The number of amides is 1. The standard InChI is InChI=1S/C20H22F3N5O2/c1-12-3-5-14(18(25-12)28-9-2-7-20(22,23)8-10-28)19(29)26-13-4-6-16(21)15(11-13)17(24)27-30/h3-6,11,30H,2,7-10H2,1H3,(H2,24,27)(H,26,29). The van der Waals surface area contributed by atoms with Crippen molar-refractivity contribution in [3.8, 4) is 0 Å². The number of pyridine rings is 1. The first kappa shape index (κ1) is 21.4. The number of anilines is 2. The Morgan fingerprint density at radius 2 is 2.00 bits per heavy atom. The van der Waals surface area contributed by atoms with Gasteiger partial charge in [0.05, 0.1) is 11.1 Å². The van der Waals surface area contributed by atoms with Crippen LogP contribution in [-0.2, 0) is 0 Å². The fraction of sp³-hybridized carbons (Fsp3) is 0.350. The molecule has 1 saturated heterocycles. The molecule has 1 aliphatic rings. The molecule has 7 nitrogen and oxygen atoms in total. The zero-order valence-corrected chi connectivity index (χ0v) is 16.3. The average molecular weight is 421 g/mol. The third-order valence-electron chi connectivity index (χ3n) is 4.88. The number of halogens is 3. The number of amidine groups is 1. The molecule has 4 N–H and O–H groups in total. The van der Waals surface area contributed by atoms with E-state index in [1.54, 1.807) is 24.0 Å². The lowest BCUT2D eigenvalue weighted by molar-refractivity contribution is -0.0102. The first-order valence-electron chi connectivity index (χ1n) is 9.39. The molecule has 0 aliphatic carbocycles. The maximum absolute atomic E-state index is 13.9. The van der Waals surface area contributed by atoms with Gasteiger partial charge < -0.3 is 21.2 Å². The SMILES string of the molecule is Cc1ccc(C(=O)Nc2ccc(F)c(C(N)=NO)c2)c(N2CCCC(F)(F)CC2)n1. The van der Waals surface area contributed by atoms with Gasteiger partial charge in [-0.05, 0) is 43.7 Å². The summed E-state index contributed by atoms with van der Waals surface area (Å²) in [6.45, 7) is 2.19. The Kier molecular flexibility index (Phi) is 6.14. The van der Waals surface area contributed by atoms with E-state index in [0.717, 1.165) is 6.07 Å². The van der Waals surface area contributed by atoms with E-state index in [1.165, 1.54) is 12.1 Å². The predicted octanol–water partition coefficient (Wildman–Crippen LogP) is 3.50. The molecule has 2 aromatic rings. The fourth-order valence-electron chi connectivity index (χ4n) is 3.29. The Morgan fingerprint density at radius 1 is 1.23 bits per heavy atom. The molecule has 0 atom stereocenters. The summed E-state index contributed by atoms with van der Waals surface area (Å²) in [5, 5.41) is 14.2. The van der Waals surface area contributed by atoms with Gasteiger partial charge in [0.2, 0.25) is 5.92 Å². The zero-order valence-electron chi connectivity index (χ0n) is 16.3. The van der Waals surface area contributed by atoms with Crippen LogP contribution >= 0.6 is 0 Å². The highest BCUT2D eigenvalue weighted by Crippen LogP contribution is 2.31. The quantitative estimate of drug-likeness (QED) is 0.303. The Bertz CT molecular complexity index is 981. The van der Waals surface area contributed by atoms with E-state index < -0.39 is 23.5 Å². The highest BCUT2D eigenvalue weighted by molar-refractivity contribution is 6.08.